The highest BCUT2D eigenvalue weighted by Gasteiger charge is 2.49. The van der Waals surface area contributed by atoms with Gasteiger partial charge in [0.05, 0.1) is 12.1 Å². The quantitative estimate of drug-likeness (QED) is 0.648. The van der Waals surface area contributed by atoms with Crippen LogP contribution < -0.4 is 10.2 Å². The van der Waals surface area contributed by atoms with Crippen LogP contribution in [0.25, 0.3) is 0 Å². The lowest BCUT2D eigenvalue weighted by molar-refractivity contribution is -0.125. The molecule has 1 atom stereocenters. The van der Waals surface area contributed by atoms with Gasteiger partial charge in [-0.25, -0.2) is 9.69 Å². The third-order valence-electron chi connectivity index (χ3n) is 6.51. The molecule has 1 aliphatic carbocycles. The molecule has 1 saturated carbocycles. The summed E-state index contributed by atoms with van der Waals surface area (Å²) in [6, 6.07) is 14.0. The molecule has 2 fully saturated rings. The van der Waals surface area contributed by atoms with Gasteiger partial charge < -0.3 is 10.2 Å². The number of hydrogen-bond donors (Lipinski definition) is 1. The zero-order valence-electron chi connectivity index (χ0n) is 18.8. The maximum absolute atomic E-state index is 13.4. The highest BCUT2D eigenvalue weighted by atomic mass is 16.2. The predicted octanol–water partition coefficient (Wildman–Crippen LogP) is 5.06. The van der Waals surface area contributed by atoms with Crippen LogP contribution in [-0.2, 0) is 16.0 Å². The smallest absolute Gasteiger partial charge is 0.326 e. The lowest BCUT2D eigenvalue weighted by Crippen LogP contribution is -2.45. The number of benzene rings is 2. The van der Waals surface area contributed by atoms with Gasteiger partial charge in [-0.3, -0.25) is 9.59 Å². The Morgan fingerprint density at radius 1 is 1.03 bits per heavy atom. The monoisotopic (exact) mass is 433 g/mol. The minimum absolute atomic E-state index is 0.00310. The number of amides is 4. The van der Waals surface area contributed by atoms with Crippen molar-refractivity contribution in [1.29, 1.82) is 0 Å². The van der Waals surface area contributed by atoms with Crippen molar-refractivity contribution in [3.05, 3.63) is 59.7 Å². The highest BCUT2D eigenvalue weighted by molar-refractivity contribution is 6.22. The molecular weight excluding hydrogens is 402 g/mol. The number of nitrogens with zero attached hydrogens (tertiary/aromatic N) is 2. The lowest BCUT2D eigenvalue weighted by Gasteiger charge is -2.33. The van der Waals surface area contributed by atoms with Gasteiger partial charge in [-0.2, -0.15) is 0 Å². The summed E-state index contributed by atoms with van der Waals surface area (Å²) < 4.78 is 0. The Morgan fingerprint density at radius 3 is 2.41 bits per heavy atom. The number of rotatable bonds is 6. The topological polar surface area (TPSA) is 69.7 Å². The van der Waals surface area contributed by atoms with Gasteiger partial charge >= 0.3 is 6.03 Å². The molecule has 1 heterocycles. The third-order valence-corrected chi connectivity index (χ3v) is 6.51. The van der Waals surface area contributed by atoms with Crippen molar-refractivity contribution in [3.63, 3.8) is 0 Å². The molecule has 1 N–H and O–H groups in total. The number of anilines is 2. The fraction of sp³-hybridized carbons (Fsp3) is 0.423. The minimum Gasteiger partial charge on any atom is -0.326 e. The van der Waals surface area contributed by atoms with Gasteiger partial charge in [0.15, 0.2) is 0 Å². The van der Waals surface area contributed by atoms with Crippen molar-refractivity contribution in [1.82, 2.24) is 4.90 Å². The van der Waals surface area contributed by atoms with Crippen molar-refractivity contribution in [2.24, 2.45) is 0 Å². The third kappa shape index (κ3) is 4.54. The summed E-state index contributed by atoms with van der Waals surface area (Å²) in [5.41, 5.74) is 3.43. The number of imide groups is 1. The van der Waals surface area contributed by atoms with E-state index in [1.807, 2.05) is 49.4 Å². The van der Waals surface area contributed by atoms with Crippen molar-refractivity contribution in [3.8, 4) is 0 Å². The lowest BCUT2D eigenvalue weighted by atomic mass is 9.93. The van der Waals surface area contributed by atoms with Crippen molar-refractivity contribution in [2.75, 3.05) is 10.2 Å². The van der Waals surface area contributed by atoms with Crippen LogP contribution in [0.5, 0.6) is 0 Å². The van der Waals surface area contributed by atoms with Gasteiger partial charge in [0.2, 0.25) is 5.91 Å². The summed E-state index contributed by atoms with van der Waals surface area (Å²) in [5.74, 6) is -0.574. The Labute approximate surface area is 189 Å². The zero-order valence-corrected chi connectivity index (χ0v) is 18.8. The summed E-state index contributed by atoms with van der Waals surface area (Å²) in [5, 5.41) is 2.90. The van der Waals surface area contributed by atoms with Gasteiger partial charge in [0.1, 0.15) is 6.04 Å². The Hall–Kier alpha value is -3.15. The molecule has 1 saturated heterocycles. The molecule has 1 aliphatic heterocycles. The summed E-state index contributed by atoms with van der Waals surface area (Å²) in [6.07, 6.45) is 5.85. The fourth-order valence-corrected chi connectivity index (χ4v) is 4.78. The molecule has 0 radical (unpaired) electrons. The van der Waals surface area contributed by atoms with Crippen LogP contribution >= 0.6 is 0 Å². The Bertz CT molecular complexity index is 996. The average Bonchev–Trinajstić information content (AvgIpc) is 3.04. The summed E-state index contributed by atoms with van der Waals surface area (Å²) in [6.45, 7) is 4.01. The van der Waals surface area contributed by atoms with Gasteiger partial charge in [0, 0.05) is 11.7 Å². The van der Waals surface area contributed by atoms with Crippen LogP contribution in [0.4, 0.5) is 16.2 Å². The maximum Gasteiger partial charge on any atom is 0.332 e. The maximum atomic E-state index is 13.4. The minimum atomic E-state index is -0.777. The first-order valence-electron chi connectivity index (χ1n) is 11.6. The average molecular weight is 434 g/mol. The van der Waals surface area contributed by atoms with Gasteiger partial charge in [-0.15, -0.1) is 0 Å². The van der Waals surface area contributed by atoms with E-state index in [1.165, 1.54) is 10.5 Å². The Kier molecular flexibility index (Phi) is 6.58. The molecule has 2 aliphatic rings. The number of nitrogens with one attached hydrogen (secondary N) is 1. The van der Waals surface area contributed by atoms with E-state index in [1.54, 1.807) is 11.0 Å². The first-order chi connectivity index (χ1) is 15.5. The Balaban J connectivity index is 1.57. The van der Waals surface area contributed by atoms with Crippen LogP contribution in [-0.4, -0.2) is 34.8 Å². The van der Waals surface area contributed by atoms with Crippen LogP contribution in [0.3, 0.4) is 0 Å². The van der Waals surface area contributed by atoms with Gasteiger partial charge in [0.25, 0.3) is 5.91 Å². The first kappa shape index (κ1) is 22.1. The van der Waals surface area contributed by atoms with E-state index in [0.717, 1.165) is 44.1 Å². The second-order valence-corrected chi connectivity index (χ2v) is 8.81. The Morgan fingerprint density at radius 2 is 1.75 bits per heavy atom. The van der Waals surface area contributed by atoms with Gasteiger partial charge in [-0.1, -0.05) is 50.5 Å². The predicted molar refractivity (Wildman–Crippen MR) is 126 cm³/mol. The number of aryl methyl sites for hydroxylation is 2. The van der Waals surface area contributed by atoms with Crippen LogP contribution in [0.2, 0.25) is 0 Å². The number of hydrogen-bond acceptors (Lipinski definition) is 3. The molecule has 2 aromatic rings. The van der Waals surface area contributed by atoms with E-state index in [9.17, 15) is 14.4 Å². The second kappa shape index (κ2) is 9.55. The summed E-state index contributed by atoms with van der Waals surface area (Å²) in [4.78, 5) is 42.7. The van der Waals surface area contributed by atoms with E-state index in [0.29, 0.717) is 11.4 Å². The molecule has 0 spiro atoms. The standard InChI is InChI=1S/C26H31N3O3/c1-3-19-12-14-20(15-13-19)27-24(30)17-23-25(31)29(22-11-7-8-18(2)16-22)26(32)28(23)21-9-5-4-6-10-21/h7-8,11-16,21,23H,3-6,9-10,17H2,1-2H3,(H,27,30)/t23-/m1/s1. The molecule has 32 heavy (non-hydrogen) atoms. The number of urea groups is 1. The normalized spacial score (nSPS) is 19.5. The van der Waals surface area contributed by atoms with E-state index in [2.05, 4.69) is 12.2 Å². The molecular formula is C26H31N3O3. The largest absolute Gasteiger partial charge is 0.332 e. The molecule has 168 valence electrons. The van der Waals surface area contributed by atoms with E-state index in [4.69, 9.17) is 0 Å². The summed E-state index contributed by atoms with van der Waals surface area (Å²) >= 11 is 0. The number of carbonyl (C=O) groups excluding carboxylic acids is 3. The molecule has 0 bridgehead atoms. The molecule has 4 amide bonds. The molecule has 0 aromatic heterocycles. The van der Waals surface area contributed by atoms with E-state index in [-0.39, 0.29) is 30.3 Å². The van der Waals surface area contributed by atoms with Gasteiger partial charge in [-0.05, 0) is 61.6 Å². The van der Waals surface area contributed by atoms with Crippen LogP contribution in [0.15, 0.2) is 48.5 Å². The second-order valence-electron chi connectivity index (χ2n) is 8.81. The van der Waals surface area contributed by atoms with Crippen LogP contribution in [0, 0.1) is 6.92 Å². The van der Waals surface area contributed by atoms with Crippen LogP contribution in [0.1, 0.15) is 56.6 Å². The van der Waals surface area contributed by atoms with E-state index < -0.39 is 6.04 Å². The SMILES string of the molecule is CCc1ccc(NC(=O)C[C@@H]2C(=O)N(c3cccc(C)c3)C(=O)N2C2CCCCC2)cc1. The molecule has 6 heteroatoms. The highest BCUT2D eigenvalue weighted by Crippen LogP contribution is 2.33. The number of carbonyl (C=O) groups is 3. The molecule has 6 nitrogen and oxygen atoms in total. The van der Waals surface area contributed by atoms with Crippen molar-refractivity contribution in [2.45, 2.75) is 70.9 Å². The molecule has 2 aromatic carbocycles. The van der Waals surface area contributed by atoms with E-state index >= 15 is 0 Å². The molecule has 4 rings (SSSR count). The fourth-order valence-electron chi connectivity index (χ4n) is 4.78. The van der Waals surface area contributed by atoms with Crippen molar-refractivity contribution >= 4 is 29.2 Å². The first-order valence-corrected chi connectivity index (χ1v) is 11.6. The molecule has 0 unspecified atom stereocenters. The van der Waals surface area contributed by atoms with Crippen molar-refractivity contribution < 1.29 is 14.4 Å². The zero-order chi connectivity index (χ0) is 22.7. The summed E-state index contributed by atoms with van der Waals surface area (Å²) in [7, 11) is 0.